The third kappa shape index (κ3) is 4.23. The number of ether oxygens (including phenoxy) is 1. The molecule has 2 N–H and O–H groups in total. The molecule has 1 unspecified atom stereocenters. The fourth-order valence-electron chi connectivity index (χ4n) is 2.22. The molecule has 0 bridgehead atoms. The molecule has 1 aromatic carbocycles. The molecule has 0 aromatic heterocycles. The zero-order valence-electron chi connectivity index (χ0n) is 11.7. The van der Waals surface area contributed by atoms with E-state index in [1.165, 1.54) is 6.07 Å². The van der Waals surface area contributed by atoms with Crippen molar-refractivity contribution in [2.75, 3.05) is 20.2 Å². The number of hydrogen-bond acceptors (Lipinski definition) is 4. The predicted molar refractivity (Wildman–Crippen MR) is 81.0 cm³/mol. The van der Waals surface area contributed by atoms with Gasteiger partial charge >= 0.3 is 0 Å². The van der Waals surface area contributed by atoms with Crippen molar-refractivity contribution in [1.82, 2.24) is 10.0 Å². The van der Waals surface area contributed by atoms with E-state index < -0.39 is 15.8 Å². The SMILES string of the molecule is CNCc1cc(Br)cc(S(=O)(=O)NCC2CCCO2)c1F. The van der Waals surface area contributed by atoms with Gasteiger partial charge in [0.05, 0.1) is 6.10 Å². The topological polar surface area (TPSA) is 67.4 Å². The van der Waals surface area contributed by atoms with E-state index in [4.69, 9.17) is 4.74 Å². The molecule has 118 valence electrons. The zero-order chi connectivity index (χ0) is 15.5. The van der Waals surface area contributed by atoms with Crippen LogP contribution in [0.1, 0.15) is 18.4 Å². The zero-order valence-corrected chi connectivity index (χ0v) is 14.1. The van der Waals surface area contributed by atoms with Crippen molar-refractivity contribution >= 4 is 26.0 Å². The van der Waals surface area contributed by atoms with Gasteiger partial charge in [0.1, 0.15) is 10.7 Å². The summed E-state index contributed by atoms with van der Waals surface area (Å²) >= 11 is 3.22. The van der Waals surface area contributed by atoms with Crippen LogP contribution in [-0.2, 0) is 21.3 Å². The lowest BCUT2D eigenvalue weighted by molar-refractivity contribution is 0.114. The van der Waals surface area contributed by atoms with E-state index in [1.54, 1.807) is 13.1 Å². The molecule has 8 heteroatoms. The number of sulfonamides is 1. The van der Waals surface area contributed by atoms with Crippen LogP contribution in [0.15, 0.2) is 21.5 Å². The molecule has 1 saturated heterocycles. The van der Waals surface area contributed by atoms with Gasteiger partial charge in [0.15, 0.2) is 0 Å². The van der Waals surface area contributed by atoms with E-state index in [0.29, 0.717) is 16.6 Å². The van der Waals surface area contributed by atoms with Gasteiger partial charge in [-0.05, 0) is 32.0 Å². The Labute approximate surface area is 132 Å². The van der Waals surface area contributed by atoms with Crippen LogP contribution in [0, 0.1) is 5.82 Å². The van der Waals surface area contributed by atoms with Crippen molar-refractivity contribution in [2.24, 2.45) is 0 Å². The largest absolute Gasteiger partial charge is 0.377 e. The molecule has 1 aliphatic heterocycles. The van der Waals surface area contributed by atoms with Crippen molar-refractivity contribution in [3.63, 3.8) is 0 Å². The highest BCUT2D eigenvalue weighted by atomic mass is 79.9. The monoisotopic (exact) mass is 380 g/mol. The Hall–Kier alpha value is -0.540. The van der Waals surface area contributed by atoms with Gasteiger partial charge in [0.25, 0.3) is 0 Å². The second-order valence-corrected chi connectivity index (χ2v) is 7.55. The van der Waals surface area contributed by atoms with Crippen molar-refractivity contribution in [3.8, 4) is 0 Å². The average molecular weight is 381 g/mol. The molecule has 21 heavy (non-hydrogen) atoms. The normalized spacial score (nSPS) is 19.1. The lowest BCUT2D eigenvalue weighted by Crippen LogP contribution is -2.32. The summed E-state index contributed by atoms with van der Waals surface area (Å²) in [6.45, 7) is 1.05. The molecular weight excluding hydrogens is 363 g/mol. The summed E-state index contributed by atoms with van der Waals surface area (Å²) in [5.41, 5.74) is 0.296. The van der Waals surface area contributed by atoms with E-state index in [1.807, 2.05) is 0 Å². The summed E-state index contributed by atoms with van der Waals surface area (Å²) in [7, 11) is -2.23. The minimum atomic E-state index is -3.90. The van der Waals surface area contributed by atoms with E-state index in [-0.39, 0.29) is 24.1 Å². The number of halogens is 2. The number of rotatable bonds is 6. The standard InChI is InChI=1S/C13H18BrFN2O3S/c1-16-7-9-5-10(14)6-12(13(9)15)21(18,19)17-8-11-3-2-4-20-11/h5-6,11,16-17H,2-4,7-8H2,1H3. The van der Waals surface area contributed by atoms with Gasteiger partial charge in [-0.15, -0.1) is 0 Å². The molecule has 0 aliphatic carbocycles. The third-order valence-corrected chi connectivity index (χ3v) is 5.14. The Bertz CT molecular complexity index is 604. The molecule has 0 radical (unpaired) electrons. The van der Waals surface area contributed by atoms with Crippen LogP contribution >= 0.6 is 15.9 Å². The molecule has 0 saturated carbocycles. The number of hydrogen-bond donors (Lipinski definition) is 2. The van der Waals surface area contributed by atoms with E-state index in [9.17, 15) is 12.8 Å². The highest BCUT2D eigenvalue weighted by molar-refractivity contribution is 9.10. The number of benzene rings is 1. The smallest absolute Gasteiger partial charge is 0.243 e. The first-order chi connectivity index (χ1) is 9.94. The van der Waals surface area contributed by atoms with Crippen LogP contribution in [-0.4, -0.2) is 34.7 Å². The van der Waals surface area contributed by atoms with Crippen LogP contribution in [0.25, 0.3) is 0 Å². The lowest BCUT2D eigenvalue weighted by atomic mass is 10.2. The fourth-order valence-corrected chi connectivity index (χ4v) is 4.09. The van der Waals surface area contributed by atoms with Gasteiger partial charge in [-0.2, -0.15) is 0 Å². The number of nitrogens with one attached hydrogen (secondary N) is 2. The Morgan fingerprint density at radius 1 is 1.48 bits per heavy atom. The van der Waals surface area contributed by atoms with Crippen LogP contribution in [0.5, 0.6) is 0 Å². The molecule has 1 aliphatic rings. The predicted octanol–water partition coefficient (Wildman–Crippen LogP) is 1.76. The van der Waals surface area contributed by atoms with Crippen molar-refractivity contribution in [3.05, 3.63) is 28.0 Å². The van der Waals surface area contributed by atoms with Crippen molar-refractivity contribution in [2.45, 2.75) is 30.4 Å². The fraction of sp³-hybridized carbons (Fsp3) is 0.538. The minimum absolute atomic E-state index is 0.133. The van der Waals surface area contributed by atoms with E-state index >= 15 is 0 Å². The van der Waals surface area contributed by atoms with E-state index in [0.717, 1.165) is 12.8 Å². The second-order valence-electron chi connectivity index (χ2n) is 4.89. The first-order valence-corrected chi connectivity index (χ1v) is 8.95. The average Bonchev–Trinajstić information content (AvgIpc) is 2.94. The molecule has 1 heterocycles. The molecule has 0 amide bonds. The summed E-state index contributed by atoms with van der Waals surface area (Å²) in [5.74, 6) is -0.729. The summed E-state index contributed by atoms with van der Waals surface area (Å²) in [5, 5.41) is 2.81. The Morgan fingerprint density at radius 3 is 2.86 bits per heavy atom. The minimum Gasteiger partial charge on any atom is -0.377 e. The summed E-state index contributed by atoms with van der Waals surface area (Å²) in [6.07, 6.45) is 1.60. The molecule has 2 rings (SSSR count). The first kappa shape index (κ1) is 16.8. The van der Waals surface area contributed by atoms with E-state index in [2.05, 4.69) is 26.0 Å². The Balaban J connectivity index is 2.21. The summed E-state index contributed by atoms with van der Waals surface area (Å²) < 4.78 is 47.2. The van der Waals surface area contributed by atoms with Gasteiger partial charge in [-0.25, -0.2) is 17.5 Å². The van der Waals surface area contributed by atoms with Gasteiger partial charge in [0.2, 0.25) is 10.0 Å². The highest BCUT2D eigenvalue weighted by Gasteiger charge is 2.24. The molecule has 1 fully saturated rings. The maximum Gasteiger partial charge on any atom is 0.243 e. The van der Waals surface area contributed by atoms with Crippen LogP contribution in [0.4, 0.5) is 4.39 Å². The molecule has 5 nitrogen and oxygen atoms in total. The maximum atomic E-state index is 14.3. The quantitative estimate of drug-likeness (QED) is 0.788. The Morgan fingerprint density at radius 2 is 2.24 bits per heavy atom. The molecule has 1 atom stereocenters. The van der Waals surface area contributed by atoms with Gasteiger partial charge < -0.3 is 10.1 Å². The van der Waals surface area contributed by atoms with Gasteiger partial charge in [-0.3, -0.25) is 0 Å². The van der Waals surface area contributed by atoms with Crippen LogP contribution < -0.4 is 10.0 Å². The first-order valence-electron chi connectivity index (χ1n) is 6.68. The van der Waals surface area contributed by atoms with Gasteiger partial charge in [-0.1, -0.05) is 15.9 Å². The van der Waals surface area contributed by atoms with Crippen molar-refractivity contribution in [1.29, 1.82) is 0 Å². The second kappa shape index (κ2) is 7.15. The maximum absolute atomic E-state index is 14.3. The van der Waals surface area contributed by atoms with Gasteiger partial charge in [0, 0.05) is 29.7 Å². The molecular formula is C13H18BrFN2O3S. The third-order valence-electron chi connectivity index (χ3n) is 3.26. The lowest BCUT2D eigenvalue weighted by Gasteiger charge is -2.13. The summed E-state index contributed by atoms with van der Waals surface area (Å²) in [4.78, 5) is -0.347. The van der Waals surface area contributed by atoms with Crippen LogP contribution in [0.3, 0.4) is 0 Å². The highest BCUT2D eigenvalue weighted by Crippen LogP contribution is 2.24. The van der Waals surface area contributed by atoms with Crippen LogP contribution in [0.2, 0.25) is 0 Å². The Kier molecular flexibility index (Phi) is 5.73. The molecule has 1 aromatic rings. The summed E-state index contributed by atoms with van der Waals surface area (Å²) in [6, 6.07) is 2.83. The molecule has 0 spiro atoms. The van der Waals surface area contributed by atoms with Crippen molar-refractivity contribution < 1.29 is 17.5 Å².